The molecule has 1 amide bonds. The van der Waals surface area contributed by atoms with Crippen LogP contribution in [0.5, 0.6) is 0 Å². The first-order valence-corrected chi connectivity index (χ1v) is 12.6. The molecule has 7 nitrogen and oxygen atoms in total. The first-order chi connectivity index (χ1) is 18.4. The average molecular weight is 505 g/mol. The third kappa shape index (κ3) is 6.25. The van der Waals surface area contributed by atoms with Crippen molar-refractivity contribution in [1.82, 2.24) is 19.9 Å². The van der Waals surface area contributed by atoms with Gasteiger partial charge in [-0.1, -0.05) is 62.9 Å². The summed E-state index contributed by atoms with van der Waals surface area (Å²) in [6.45, 7) is 11.3. The smallest absolute Gasteiger partial charge is 0.221 e. The van der Waals surface area contributed by atoms with E-state index in [-0.39, 0.29) is 5.91 Å². The summed E-state index contributed by atoms with van der Waals surface area (Å²) in [6.07, 6.45) is 3.66. The SMILES string of the molecule is C=C(C)Nc1ccc(-c2cnc(-c3cccc(-c4ncc(-c5ccc(NC(C)=O)cc5)[nH]4)c3)[nH]2)cc1.CC. The lowest BCUT2D eigenvalue weighted by molar-refractivity contribution is -0.114. The Labute approximate surface area is 223 Å². The second kappa shape index (κ2) is 11.9. The van der Waals surface area contributed by atoms with E-state index in [1.807, 2.05) is 99.9 Å². The van der Waals surface area contributed by atoms with E-state index in [1.165, 1.54) is 6.92 Å². The zero-order valence-electron chi connectivity index (χ0n) is 22.1. The lowest BCUT2D eigenvalue weighted by Gasteiger charge is -2.05. The number of amides is 1. The summed E-state index contributed by atoms with van der Waals surface area (Å²) in [7, 11) is 0. The van der Waals surface area contributed by atoms with Gasteiger partial charge in [-0.05, 0) is 48.4 Å². The summed E-state index contributed by atoms with van der Waals surface area (Å²) in [4.78, 5) is 27.2. The Balaban J connectivity index is 0.00000164. The van der Waals surface area contributed by atoms with Crippen LogP contribution in [0.3, 0.4) is 0 Å². The summed E-state index contributed by atoms with van der Waals surface area (Å²) in [5, 5.41) is 5.99. The van der Waals surface area contributed by atoms with Crippen LogP contribution in [0.2, 0.25) is 0 Å². The molecule has 3 aromatic carbocycles. The molecule has 0 bridgehead atoms. The van der Waals surface area contributed by atoms with Crippen molar-refractivity contribution in [1.29, 1.82) is 0 Å². The van der Waals surface area contributed by atoms with Gasteiger partial charge in [0, 0.05) is 35.1 Å². The first-order valence-electron chi connectivity index (χ1n) is 12.6. The van der Waals surface area contributed by atoms with E-state index in [0.717, 1.165) is 62.4 Å². The molecule has 0 atom stereocenters. The zero-order valence-corrected chi connectivity index (χ0v) is 22.1. The topological polar surface area (TPSA) is 98.5 Å². The molecular weight excluding hydrogens is 472 g/mol. The highest BCUT2D eigenvalue weighted by Gasteiger charge is 2.10. The summed E-state index contributed by atoms with van der Waals surface area (Å²) < 4.78 is 0. The number of imidazole rings is 2. The molecule has 0 aliphatic heterocycles. The highest BCUT2D eigenvalue weighted by Crippen LogP contribution is 2.28. The minimum atomic E-state index is -0.0936. The maximum Gasteiger partial charge on any atom is 0.221 e. The molecule has 192 valence electrons. The molecule has 38 heavy (non-hydrogen) atoms. The van der Waals surface area contributed by atoms with E-state index in [0.29, 0.717) is 0 Å². The second-order valence-corrected chi connectivity index (χ2v) is 8.61. The van der Waals surface area contributed by atoms with Gasteiger partial charge in [-0.3, -0.25) is 4.79 Å². The summed E-state index contributed by atoms with van der Waals surface area (Å²) in [5.41, 5.74) is 8.47. The summed E-state index contributed by atoms with van der Waals surface area (Å²) in [6, 6.07) is 23.9. The first kappa shape index (κ1) is 26.2. The van der Waals surface area contributed by atoms with E-state index in [9.17, 15) is 4.79 Å². The van der Waals surface area contributed by atoms with Gasteiger partial charge in [-0.15, -0.1) is 0 Å². The lowest BCUT2D eigenvalue weighted by atomic mass is 10.1. The Bertz CT molecular complexity index is 1410. The third-order valence-corrected chi connectivity index (χ3v) is 5.63. The van der Waals surface area contributed by atoms with Crippen LogP contribution < -0.4 is 10.6 Å². The van der Waals surface area contributed by atoms with Crippen molar-refractivity contribution >= 4 is 17.3 Å². The molecule has 0 fully saturated rings. The molecule has 0 aliphatic rings. The van der Waals surface area contributed by atoms with Crippen LogP contribution in [0.4, 0.5) is 11.4 Å². The van der Waals surface area contributed by atoms with Crippen molar-refractivity contribution in [3.63, 3.8) is 0 Å². The largest absolute Gasteiger partial charge is 0.360 e. The number of allylic oxidation sites excluding steroid dienone is 1. The van der Waals surface area contributed by atoms with Crippen LogP contribution in [0, 0.1) is 0 Å². The number of hydrogen-bond acceptors (Lipinski definition) is 4. The number of aromatic nitrogens is 4. The molecule has 5 aromatic rings. The van der Waals surface area contributed by atoms with Gasteiger partial charge < -0.3 is 20.6 Å². The van der Waals surface area contributed by atoms with Gasteiger partial charge in [0.25, 0.3) is 0 Å². The Morgan fingerprint density at radius 3 is 1.55 bits per heavy atom. The molecule has 0 saturated heterocycles. The number of carbonyl (C=O) groups excluding carboxylic acids is 1. The molecule has 0 aliphatic carbocycles. The number of rotatable bonds is 7. The normalized spacial score (nSPS) is 10.3. The maximum atomic E-state index is 11.2. The predicted molar refractivity (Wildman–Crippen MR) is 157 cm³/mol. The quantitative estimate of drug-likeness (QED) is 0.182. The second-order valence-electron chi connectivity index (χ2n) is 8.61. The molecule has 0 unspecified atom stereocenters. The van der Waals surface area contributed by atoms with E-state index in [1.54, 1.807) is 0 Å². The predicted octanol–water partition coefficient (Wildman–Crippen LogP) is 7.73. The molecule has 2 aromatic heterocycles. The number of nitrogens with zero attached hydrogens (tertiary/aromatic N) is 2. The van der Waals surface area contributed by atoms with Gasteiger partial charge >= 0.3 is 0 Å². The minimum Gasteiger partial charge on any atom is -0.360 e. The van der Waals surface area contributed by atoms with Crippen molar-refractivity contribution in [3.05, 3.63) is 97.5 Å². The van der Waals surface area contributed by atoms with Crippen molar-refractivity contribution in [2.75, 3.05) is 10.6 Å². The number of benzene rings is 3. The number of hydrogen-bond donors (Lipinski definition) is 4. The van der Waals surface area contributed by atoms with E-state index >= 15 is 0 Å². The molecule has 0 spiro atoms. The van der Waals surface area contributed by atoms with Gasteiger partial charge in [0.1, 0.15) is 11.6 Å². The fourth-order valence-electron chi connectivity index (χ4n) is 3.96. The van der Waals surface area contributed by atoms with Crippen LogP contribution in [-0.4, -0.2) is 25.8 Å². The fraction of sp³-hybridized carbons (Fsp3) is 0.129. The monoisotopic (exact) mass is 504 g/mol. The maximum absolute atomic E-state index is 11.2. The van der Waals surface area contributed by atoms with Crippen LogP contribution in [0.25, 0.3) is 45.3 Å². The number of carbonyl (C=O) groups is 1. The molecule has 7 heteroatoms. The van der Waals surface area contributed by atoms with Crippen molar-refractivity contribution in [3.8, 4) is 45.3 Å². The number of nitrogens with one attached hydrogen (secondary N) is 4. The van der Waals surface area contributed by atoms with Crippen molar-refractivity contribution in [2.24, 2.45) is 0 Å². The van der Waals surface area contributed by atoms with Crippen LogP contribution in [-0.2, 0) is 4.79 Å². The number of H-pyrrole nitrogens is 2. The van der Waals surface area contributed by atoms with E-state index in [4.69, 9.17) is 0 Å². The number of aromatic amines is 2. The standard InChI is InChI=1S/C29H26N6O.C2H6/c1-18(2)32-24-11-7-20(8-12-24)26-16-30-28(34-26)22-5-4-6-23(15-22)29-31-17-27(35-29)21-9-13-25(14-10-21)33-19(3)36;1-2/h4-17,32H,1H2,2-3H3,(H,30,34)(H,31,35)(H,33,36);1-2H3. The molecule has 0 saturated carbocycles. The van der Waals surface area contributed by atoms with E-state index in [2.05, 4.69) is 43.2 Å². The van der Waals surface area contributed by atoms with Crippen LogP contribution in [0.1, 0.15) is 27.7 Å². The van der Waals surface area contributed by atoms with Gasteiger partial charge in [-0.25, -0.2) is 9.97 Å². The molecule has 0 radical (unpaired) electrons. The highest BCUT2D eigenvalue weighted by atomic mass is 16.1. The molecule has 2 heterocycles. The van der Waals surface area contributed by atoms with Gasteiger partial charge in [0.2, 0.25) is 5.91 Å². The Kier molecular flexibility index (Phi) is 8.18. The summed E-state index contributed by atoms with van der Waals surface area (Å²) in [5.74, 6) is 1.46. The van der Waals surface area contributed by atoms with Crippen molar-refractivity contribution in [2.45, 2.75) is 27.7 Å². The van der Waals surface area contributed by atoms with Gasteiger partial charge in [0.05, 0.1) is 23.8 Å². The van der Waals surface area contributed by atoms with Gasteiger partial charge in [-0.2, -0.15) is 0 Å². The Hall–Kier alpha value is -4.91. The van der Waals surface area contributed by atoms with E-state index < -0.39 is 0 Å². The third-order valence-electron chi connectivity index (χ3n) is 5.63. The lowest BCUT2D eigenvalue weighted by Crippen LogP contribution is -2.05. The molecule has 4 N–H and O–H groups in total. The fourth-order valence-corrected chi connectivity index (χ4v) is 3.96. The Morgan fingerprint density at radius 2 is 1.13 bits per heavy atom. The molecule has 5 rings (SSSR count). The molecular formula is C31H32N6O. The van der Waals surface area contributed by atoms with Gasteiger partial charge in [0.15, 0.2) is 0 Å². The summed E-state index contributed by atoms with van der Waals surface area (Å²) >= 11 is 0. The highest BCUT2D eigenvalue weighted by molar-refractivity contribution is 5.89. The minimum absolute atomic E-state index is 0.0936. The van der Waals surface area contributed by atoms with Crippen molar-refractivity contribution < 1.29 is 4.79 Å². The Morgan fingerprint density at radius 1 is 0.684 bits per heavy atom. The average Bonchev–Trinajstić information content (AvgIpc) is 3.61. The zero-order chi connectivity index (χ0) is 27.1. The number of anilines is 2. The van der Waals surface area contributed by atoms with Crippen LogP contribution in [0.15, 0.2) is 97.5 Å². The van der Waals surface area contributed by atoms with Crippen LogP contribution >= 0.6 is 0 Å².